The van der Waals surface area contributed by atoms with E-state index in [0.717, 1.165) is 19.6 Å². The van der Waals surface area contributed by atoms with Crippen LogP contribution in [0.5, 0.6) is 0 Å². The van der Waals surface area contributed by atoms with E-state index < -0.39 is 5.97 Å². The lowest BCUT2D eigenvalue weighted by Crippen LogP contribution is -2.53. The summed E-state index contributed by atoms with van der Waals surface area (Å²) in [5.74, 6) is -0.710. The summed E-state index contributed by atoms with van der Waals surface area (Å²) in [5.41, 5.74) is 0. The third-order valence-electron chi connectivity index (χ3n) is 2.59. The van der Waals surface area contributed by atoms with Crippen LogP contribution in [0.15, 0.2) is 0 Å². The summed E-state index contributed by atoms with van der Waals surface area (Å²) < 4.78 is 0. The van der Waals surface area contributed by atoms with Crippen molar-refractivity contribution in [2.75, 3.05) is 19.6 Å². The van der Waals surface area contributed by atoms with E-state index in [9.17, 15) is 4.79 Å². The number of nitrogens with one attached hydrogen (secondary N) is 1. The minimum atomic E-state index is -0.710. The predicted molar refractivity (Wildman–Crippen MR) is 50.8 cm³/mol. The summed E-state index contributed by atoms with van der Waals surface area (Å²) in [5, 5.41) is 11.9. The zero-order chi connectivity index (χ0) is 9.84. The van der Waals surface area contributed by atoms with E-state index >= 15 is 0 Å². The molecule has 4 nitrogen and oxygen atoms in total. The Balaban J connectivity index is 2.43. The number of piperazine rings is 1. The summed E-state index contributed by atoms with van der Waals surface area (Å²) >= 11 is 0. The number of carboxylic acid groups (broad SMARTS) is 1. The smallest absolute Gasteiger partial charge is 0.304 e. The molecular weight excluding hydrogens is 168 g/mol. The first kappa shape index (κ1) is 10.5. The lowest BCUT2D eigenvalue weighted by molar-refractivity contribution is -0.138. The number of hydrogen-bond donors (Lipinski definition) is 2. The molecule has 0 saturated carbocycles. The Bertz CT molecular complexity index is 184. The second kappa shape index (κ2) is 4.58. The van der Waals surface area contributed by atoms with Gasteiger partial charge in [-0.3, -0.25) is 9.69 Å². The lowest BCUT2D eigenvalue weighted by Gasteiger charge is -2.37. The van der Waals surface area contributed by atoms with Gasteiger partial charge in [0.05, 0.1) is 6.42 Å². The van der Waals surface area contributed by atoms with Crippen molar-refractivity contribution in [1.29, 1.82) is 0 Å². The second-order valence-corrected chi connectivity index (χ2v) is 3.74. The molecule has 4 heteroatoms. The van der Waals surface area contributed by atoms with Gasteiger partial charge in [0.1, 0.15) is 0 Å². The van der Waals surface area contributed by atoms with Gasteiger partial charge in [0, 0.05) is 31.7 Å². The fourth-order valence-electron chi connectivity index (χ4n) is 1.88. The van der Waals surface area contributed by atoms with Gasteiger partial charge in [0.25, 0.3) is 0 Å². The fraction of sp³-hybridized carbons (Fsp3) is 0.889. The Morgan fingerprint density at radius 3 is 3.00 bits per heavy atom. The van der Waals surface area contributed by atoms with Gasteiger partial charge in [0.15, 0.2) is 0 Å². The highest BCUT2D eigenvalue weighted by Crippen LogP contribution is 2.10. The highest BCUT2D eigenvalue weighted by atomic mass is 16.4. The van der Waals surface area contributed by atoms with Gasteiger partial charge >= 0.3 is 5.97 Å². The molecule has 2 atom stereocenters. The number of rotatable bonds is 3. The van der Waals surface area contributed by atoms with Crippen LogP contribution in [0.2, 0.25) is 0 Å². The average molecular weight is 186 g/mol. The molecule has 0 radical (unpaired) electrons. The van der Waals surface area contributed by atoms with Gasteiger partial charge in [-0.05, 0) is 13.8 Å². The maximum atomic E-state index is 10.5. The van der Waals surface area contributed by atoms with Gasteiger partial charge in [-0.25, -0.2) is 0 Å². The molecule has 0 aliphatic carbocycles. The fourth-order valence-corrected chi connectivity index (χ4v) is 1.88. The number of carbonyl (C=O) groups is 1. The quantitative estimate of drug-likeness (QED) is 0.658. The molecular formula is C9H18N2O2. The summed E-state index contributed by atoms with van der Waals surface area (Å²) in [4.78, 5) is 12.8. The Morgan fingerprint density at radius 1 is 1.77 bits per heavy atom. The van der Waals surface area contributed by atoms with Gasteiger partial charge in [-0.1, -0.05) is 0 Å². The van der Waals surface area contributed by atoms with Crippen LogP contribution in [0.25, 0.3) is 0 Å². The molecule has 1 unspecified atom stereocenters. The molecule has 13 heavy (non-hydrogen) atoms. The Morgan fingerprint density at radius 2 is 2.46 bits per heavy atom. The van der Waals surface area contributed by atoms with E-state index in [0.29, 0.717) is 6.04 Å². The first-order valence-corrected chi connectivity index (χ1v) is 4.79. The van der Waals surface area contributed by atoms with Crippen LogP contribution in [0, 0.1) is 0 Å². The normalized spacial score (nSPS) is 27.1. The zero-order valence-electron chi connectivity index (χ0n) is 8.29. The number of aliphatic carboxylic acids is 1. The lowest BCUT2D eigenvalue weighted by atomic mass is 10.1. The first-order valence-electron chi connectivity index (χ1n) is 4.79. The molecule has 1 heterocycles. The number of hydrogen-bond acceptors (Lipinski definition) is 3. The van der Waals surface area contributed by atoms with Crippen LogP contribution in [0.4, 0.5) is 0 Å². The van der Waals surface area contributed by atoms with Crippen molar-refractivity contribution < 1.29 is 9.90 Å². The molecule has 1 aliphatic heterocycles. The van der Waals surface area contributed by atoms with Crippen molar-refractivity contribution in [2.24, 2.45) is 0 Å². The number of carboxylic acids is 1. The van der Waals surface area contributed by atoms with Crippen molar-refractivity contribution in [3.05, 3.63) is 0 Å². The molecule has 1 rings (SSSR count). The Kier molecular flexibility index (Phi) is 3.69. The van der Waals surface area contributed by atoms with Gasteiger partial charge < -0.3 is 10.4 Å². The van der Waals surface area contributed by atoms with Crippen LogP contribution in [0.1, 0.15) is 20.3 Å². The van der Waals surface area contributed by atoms with Crippen LogP contribution < -0.4 is 5.32 Å². The van der Waals surface area contributed by atoms with E-state index in [1.165, 1.54) is 0 Å². The molecule has 0 bridgehead atoms. The maximum absolute atomic E-state index is 10.5. The van der Waals surface area contributed by atoms with Crippen molar-refractivity contribution >= 4 is 5.97 Å². The highest BCUT2D eigenvalue weighted by molar-refractivity contribution is 5.67. The number of nitrogens with zero attached hydrogens (tertiary/aromatic N) is 1. The van der Waals surface area contributed by atoms with E-state index in [2.05, 4.69) is 17.1 Å². The monoisotopic (exact) mass is 186 g/mol. The van der Waals surface area contributed by atoms with E-state index in [1.54, 1.807) is 0 Å². The molecule has 2 N–H and O–H groups in total. The van der Waals surface area contributed by atoms with Gasteiger partial charge in [-0.2, -0.15) is 0 Å². The Hall–Kier alpha value is -0.610. The summed E-state index contributed by atoms with van der Waals surface area (Å²) in [6.45, 7) is 6.99. The van der Waals surface area contributed by atoms with E-state index in [4.69, 9.17) is 5.11 Å². The van der Waals surface area contributed by atoms with Crippen molar-refractivity contribution in [3.8, 4) is 0 Å². The molecule has 0 aromatic carbocycles. The van der Waals surface area contributed by atoms with Gasteiger partial charge in [-0.15, -0.1) is 0 Å². The van der Waals surface area contributed by atoms with E-state index in [1.807, 2.05) is 6.92 Å². The molecule has 1 saturated heterocycles. The molecule has 0 amide bonds. The topological polar surface area (TPSA) is 52.6 Å². The predicted octanol–water partition coefficient (Wildman–Crippen LogP) is 0.143. The Labute approximate surface area is 78.9 Å². The third kappa shape index (κ3) is 2.97. The SMILES string of the molecule is CC(CC(=O)O)N1CCNC[C@H]1C. The molecule has 76 valence electrons. The molecule has 1 aliphatic rings. The summed E-state index contributed by atoms with van der Waals surface area (Å²) in [7, 11) is 0. The van der Waals surface area contributed by atoms with Crippen molar-refractivity contribution in [2.45, 2.75) is 32.4 Å². The summed E-state index contributed by atoms with van der Waals surface area (Å²) in [6, 6.07) is 0.595. The van der Waals surface area contributed by atoms with Crippen LogP contribution >= 0.6 is 0 Å². The molecule has 0 spiro atoms. The maximum Gasteiger partial charge on any atom is 0.304 e. The first-order chi connectivity index (χ1) is 6.11. The zero-order valence-corrected chi connectivity index (χ0v) is 8.29. The van der Waals surface area contributed by atoms with Crippen LogP contribution in [-0.2, 0) is 4.79 Å². The molecule has 0 aromatic rings. The minimum Gasteiger partial charge on any atom is -0.481 e. The molecule has 1 fully saturated rings. The average Bonchev–Trinajstić information content (AvgIpc) is 2.03. The van der Waals surface area contributed by atoms with E-state index in [-0.39, 0.29) is 12.5 Å². The van der Waals surface area contributed by atoms with Crippen molar-refractivity contribution in [3.63, 3.8) is 0 Å². The third-order valence-corrected chi connectivity index (χ3v) is 2.59. The highest BCUT2D eigenvalue weighted by Gasteiger charge is 2.23. The summed E-state index contributed by atoms with van der Waals surface area (Å²) in [6.07, 6.45) is 0.240. The largest absolute Gasteiger partial charge is 0.481 e. The van der Waals surface area contributed by atoms with Crippen molar-refractivity contribution in [1.82, 2.24) is 10.2 Å². The van der Waals surface area contributed by atoms with Crippen LogP contribution in [0.3, 0.4) is 0 Å². The van der Waals surface area contributed by atoms with Crippen LogP contribution in [-0.4, -0.2) is 47.7 Å². The second-order valence-electron chi connectivity index (χ2n) is 3.74. The minimum absolute atomic E-state index is 0.148. The standard InChI is InChI=1S/C9H18N2O2/c1-7(5-9(12)13)11-4-3-10-6-8(11)2/h7-8,10H,3-6H2,1-2H3,(H,12,13)/t7?,8-/m1/s1. The molecule has 0 aromatic heterocycles. The van der Waals surface area contributed by atoms with Gasteiger partial charge in [0.2, 0.25) is 0 Å².